The van der Waals surface area contributed by atoms with Crippen molar-refractivity contribution in [3.8, 4) is 0 Å². The summed E-state index contributed by atoms with van der Waals surface area (Å²) in [5, 5.41) is 13.7. The maximum atomic E-state index is 9.52. The molecule has 2 aromatic heterocycles. The third kappa shape index (κ3) is 2.46. The number of rotatable bonds is 5. The van der Waals surface area contributed by atoms with Crippen LogP contribution in [-0.4, -0.2) is 27.7 Å². The van der Waals surface area contributed by atoms with Gasteiger partial charge in [0.25, 0.3) is 0 Å². The lowest BCUT2D eigenvalue weighted by molar-refractivity contribution is 0.164. The number of fused-ring (bicyclic) bond motifs is 1. The van der Waals surface area contributed by atoms with Gasteiger partial charge in [0.1, 0.15) is 17.9 Å². The average Bonchev–Trinajstić information content (AvgIpc) is 2.66. The Balaban J connectivity index is 2.18. The van der Waals surface area contributed by atoms with Gasteiger partial charge in [-0.1, -0.05) is 6.92 Å². The standard InChI is InChI=1S/C13H19N3O2/c1-4-10(17)5-6-14-12-11-8(2)9(3)18-13(11)16-7-15-12/h7,10,17H,4-6H2,1-3H3,(H,14,15,16). The number of furan rings is 1. The maximum Gasteiger partial charge on any atom is 0.231 e. The summed E-state index contributed by atoms with van der Waals surface area (Å²) < 4.78 is 5.55. The fourth-order valence-electron chi connectivity index (χ4n) is 1.88. The third-order valence-electron chi connectivity index (χ3n) is 3.21. The van der Waals surface area contributed by atoms with E-state index in [1.165, 1.54) is 6.33 Å². The number of aliphatic hydroxyl groups is 1. The van der Waals surface area contributed by atoms with E-state index in [9.17, 15) is 5.11 Å². The lowest BCUT2D eigenvalue weighted by Crippen LogP contribution is -2.13. The molecule has 0 bridgehead atoms. The number of hydrogen-bond acceptors (Lipinski definition) is 5. The Morgan fingerprint density at radius 2 is 2.17 bits per heavy atom. The number of aryl methyl sites for hydroxylation is 2. The van der Waals surface area contributed by atoms with Gasteiger partial charge in [-0.2, -0.15) is 0 Å². The Morgan fingerprint density at radius 3 is 2.89 bits per heavy atom. The Kier molecular flexibility index (Phi) is 3.81. The topological polar surface area (TPSA) is 71.2 Å². The zero-order valence-electron chi connectivity index (χ0n) is 11.0. The van der Waals surface area contributed by atoms with Gasteiger partial charge in [0.15, 0.2) is 0 Å². The van der Waals surface area contributed by atoms with Crippen molar-refractivity contribution in [1.29, 1.82) is 0 Å². The molecule has 0 aliphatic carbocycles. The molecule has 5 heteroatoms. The second kappa shape index (κ2) is 5.35. The summed E-state index contributed by atoms with van der Waals surface area (Å²) in [6.07, 6.45) is 2.70. The molecule has 5 nitrogen and oxygen atoms in total. The first-order valence-electron chi connectivity index (χ1n) is 6.26. The van der Waals surface area contributed by atoms with Gasteiger partial charge >= 0.3 is 0 Å². The maximum absolute atomic E-state index is 9.52. The smallest absolute Gasteiger partial charge is 0.231 e. The second-order valence-corrected chi connectivity index (χ2v) is 4.46. The number of anilines is 1. The predicted molar refractivity (Wildman–Crippen MR) is 70.7 cm³/mol. The molecule has 0 fully saturated rings. The first-order chi connectivity index (χ1) is 8.63. The van der Waals surface area contributed by atoms with Crippen molar-refractivity contribution in [2.24, 2.45) is 0 Å². The van der Waals surface area contributed by atoms with Gasteiger partial charge in [-0.05, 0) is 26.7 Å². The largest absolute Gasteiger partial charge is 0.443 e. The van der Waals surface area contributed by atoms with E-state index in [4.69, 9.17) is 4.42 Å². The molecule has 0 amide bonds. The second-order valence-electron chi connectivity index (χ2n) is 4.46. The van der Waals surface area contributed by atoms with Crippen molar-refractivity contribution in [2.45, 2.75) is 39.7 Å². The fraction of sp³-hybridized carbons (Fsp3) is 0.538. The molecule has 2 aromatic rings. The Labute approximate surface area is 106 Å². The van der Waals surface area contributed by atoms with E-state index < -0.39 is 0 Å². The van der Waals surface area contributed by atoms with E-state index in [1.54, 1.807) is 0 Å². The minimum atomic E-state index is -0.262. The van der Waals surface area contributed by atoms with Crippen LogP contribution in [0.15, 0.2) is 10.7 Å². The molecule has 2 N–H and O–H groups in total. The number of aromatic nitrogens is 2. The number of nitrogens with zero attached hydrogens (tertiary/aromatic N) is 2. The molecule has 0 aliphatic rings. The Bertz CT molecular complexity index is 536. The van der Waals surface area contributed by atoms with Crippen LogP contribution in [0.4, 0.5) is 5.82 Å². The van der Waals surface area contributed by atoms with Crippen molar-refractivity contribution in [3.05, 3.63) is 17.7 Å². The molecule has 1 atom stereocenters. The normalized spacial score (nSPS) is 12.9. The summed E-state index contributed by atoms with van der Waals surface area (Å²) in [5.41, 5.74) is 1.67. The summed E-state index contributed by atoms with van der Waals surface area (Å²) >= 11 is 0. The predicted octanol–water partition coefficient (Wildman–Crippen LogP) is 2.41. The summed E-state index contributed by atoms with van der Waals surface area (Å²) in [4.78, 5) is 8.36. The molecule has 0 aromatic carbocycles. The van der Waals surface area contributed by atoms with Crippen LogP contribution in [-0.2, 0) is 0 Å². The van der Waals surface area contributed by atoms with E-state index in [1.807, 2.05) is 20.8 Å². The zero-order chi connectivity index (χ0) is 13.1. The third-order valence-corrected chi connectivity index (χ3v) is 3.21. The summed E-state index contributed by atoms with van der Waals surface area (Å²) in [6.45, 7) is 6.57. The summed E-state index contributed by atoms with van der Waals surface area (Å²) in [5.74, 6) is 1.64. The minimum absolute atomic E-state index is 0.262. The van der Waals surface area contributed by atoms with Gasteiger partial charge < -0.3 is 14.8 Å². The Morgan fingerprint density at radius 1 is 1.39 bits per heavy atom. The van der Waals surface area contributed by atoms with Gasteiger partial charge in [0, 0.05) is 12.1 Å². The van der Waals surface area contributed by atoms with Gasteiger partial charge in [-0.15, -0.1) is 0 Å². The van der Waals surface area contributed by atoms with Crippen LogP contribution in [0.25, 0.3) is 11.1 Å². The molecule has 2 rings (SSSR count). The number of hydrogen-bond donors (Lipinski definition) is 2. The van der Waals surface area contributed by atoms with Crippen LogP contribution < -0.4 is 5.32 Å². The Hall–Kier alpha value is -1.62. The van der Waals surface area contributed by atoms with Crippen molar-refractivity contribution in [3.63, 3.8) is 0 Å². The lowest BCUT2D eigenvalue weighted by Gasteiger charge is -2.09. The van der Waals surface area contributed by atoms with Crippen LogP contribution in [0.5, 0.6) is 0 Å². The molecule has 0 saturated carbocycles. The average molecular weight is 249 g/mol. The molecule has 18 heavy (non-hydrogen) atoms. The van der Waals surface area contributed by atoms with Gasteiger partial charge in [-0.3, -0.25) is 0 Å². The van der Waals surface area contributed by atoms with E-state index >= 15 is 0 Å². The molecule has 0 spiro atoms. The lowest BCUT2D eigenvalue weighted by atomic mass is 10.2. The highest BCUT2D eigenvalue weighted by Gasteiger charge is 2.13. The SMILES string of the molecule is CCC(O)CCNc1ncnc2oc(C)c(C)c12. The number of nitrogens with one attached hydrogen (secondary N) is 1. The minimum Gasteiger partial charge on any atom is -0.443 e. The van der Waals surface area contributed by atoms with Crippen LogP contribution in [0.2, 0.25) is 0 Å². The highest BCUT2D eigenvalue weighted by molar-refractivity contribution is 5.89. The van der Waals surface area contributed by atoms with Crippen LogP contribution in [0.3, 0.4) is 0 Å². The van der Waals surface area contributed by atoms with Crippen molar-refractivity contribution >= 4 is 16.9 Å². The fourth-order valence-corrected chi connectivity index (χ4v) is 1.88. The highest BCUT2D eigenvalue weighted by Crippen LogP contribution is 2.27. The molecular weight excluding hydrogens is 230 g/mol. The monoisotopic (exact) mass is 249 g/mol. The molecule has 0 radical (unpaired) electrons. The van der Waals surface area contributed by atoms with Gasteiger partial charge in [0.2, 0.25) is 5.71 Å². The van der Waals surface area contributed by atoms with E-state index in [2.05, 4.69) is 15.3 Å². The first kappa shape index (κ1) is 12.8. The van der Waals surface area contributed by atoms with E-state index in [0.29, 0.717) is 18.7 Å². The van der Waals surface area contributed by atoms with Crippen LogP contribution in [0.1, 0.15) is 31.1 Å². The van der Waals surface area contributed by atoms with E-state index in [-0.39, 0.29) is 6.10 Å². The van der Waals surface area contributed by atoms with Crippen molar-refractivity contribution in [2.75, 3.05) is 11.9 Å². The molecular formula is C13H19N3O2. The molecule has 0 saturated heterocycles. The molecule has 2 heterocycles. The molecule has 0 aliphatic heterocycles. The van der Waals surface area contributed by atoms with Crippen LogP contribution >= 0.6 is 0 Å². The molecule has 1 unspecified atom stereocenters. The van der Waals surface area contributed by atoms with Gasteiger partial charge in [0.05, 0.1) is 11.5 Å². The quantitative estimate of drug-likeness (QED) is 0.851. The van der Waals surface area contributed by atoms with E-state index in [0.717, 1.165) is 28.9 Å². The van der Waals surface area contributed by atoms with Gasteiger partial charge in [-0.25, -0.2) is 9.97 Å². The summed E-state index contributed by atoms with van der Waals surface area (Å²) in [7, 11) is 0. The number of aliphatic hydroxyl groups excluding tert-OH is 1. The highest BCUT2D eigenvalue weighted by atomic mass is 16.3. The molecule has 98 valence electrons. The van der Waals surface area contributed by atoms with Crippen molar-refractivity contribution < 1.29 is 9.52 Å². The van der Waals surface area contributed by atoms with Crippen molar-refractivity contribution in [1.82, 2.24) is 9.97 Å². The first-order valence-corrected chi connectivity index (χ1v) is 6.26. The van der Waals surface area contributed by atoms with Crippen LogP contribution in [0, 0.1) is 13.8 Å². The zero-order valence-corrected chi connectivity index (χ0v) is 11.0. The summed E-state index contributed by atoms with van der Waals surface area (Å²) in [6, 6.07) is 0.